The second kappa shape index (κ2) is 6.14. The van der Waals surface area contributed by atoms with E-state index >= 15 is 0 Å². The second-order valence-electron chi connectivity index (χ2n) is 6.74. The summed E-state index contributed by atoms with van der Waals surface area (Å²) in [4.78, 5) is 49.8. The molecule has 4 rings (SSSR count). The number of carbonyl (C=O) groups excluding carboxylic acids is 2. The van der Waals surface area contributed by atoms with Gasteiger partial charge in [0.1, 0.15) is 5.82 Å². The number of rotatable bonds is 1. The van der Waals surface area contributed by atoms with Gasteiger partial charge in [0.25, 0.3) is 11.5 Å². The molecule has 4 heterocycles. The highest BCUT2D eigenvalue weighted by atomic mass is 16.2. The lowest BCUT2D eigenvalue weighted by molar-refractivity contribution is 0.0722. The third kappa shape index (κ3) is 2.58. The van der Waals surface area contributed by atoms with Gasteiger partial charge in [-0.1, -0.05) is 0 Å². The van der Waals surface area contributed by atoms with Crippen molar-refractivity contribution < 1.29 is 9.59 Å². The fourth-order valence-electron chi connectivity index (χ4n) is 3.89. The Balaban J connectivity index is 1.75. The standard InChI is InChI=1S/C16H22N6O3/c1-20-13-11(10-4-2-3-7-22(10)16(20)25)14(23)19-12(18-13)15(24)21-8-5-17-6-9-21/h10,17H,2-9H2,1H3,(H,18,19,23). The van der Waals surface area contributed by atoms with E-state index in [0.29, 0.717) is 31.0 Å². The van der Waals surface area contributed by atoms with E-state index in [2.05, 4.69) is 15.3 Å². The predicted octanol–water partition coefficient (Wildman–Crippen LogP) is -0.0879. The number of piperazine rings is 1. The topological polar surface area (TPSA) is 102 Å². The Hall–Kier alpha value is -2.42. The Bertz CT molecular complexity index is 770. The van der Waals surface area contributed by atoms with Crippen LogP contribution in [0, 0.1) is 0 Å². The molecule has 0 aliphatic carbocycles. The van der Waals surface area contributed by atoms with E-state index in [1.807, 2.05) is 0 Å². The normalized spacial score (nSPS) is 23.3. The monoisotopic (exact) mass is 346 g/mol. The van der Waals surface area contributed by atoms with E-state index in [-0.39, 0.29) is 29.4 Å². The maximum atomic E-state index is 12.7. The van der Waals surface area contributed by atoms with Gasteiger partial charge in [-0.2, -0.15) is 0 Å². The maximum Gasteiger partial charge on any atom is 0.325 e. The largest absolute Gasteiger partial charge is 0.333 e. The molecule has 9 heteroatoms. The highest BCUT2D eigenvalue weighted by Crippen LogP contribution is 2.38. The molecular formula is C16H22N6O3. The number of nitrogens with zero attached hydrogens (tertiary/aromatic N) is 4. The van der Waals surface area contributed by atoms with Crippen molar-refractivity contribution in [3.05, 3.63) is 21.7 Å². The minimum absolute atomic E-state index is 0.00885. The van der Waals surface area contributed by atoms with Crippen LogP contribution < -0.4 is 15.8 Å². The minimum Gasteiger partial charge on any atom is -0.333 e. The fraction of sp³-hybridized carbons (Fsp3) is 0.625. The molecule has 9 nitrogen and oxygen atoms in total. The summed E-state index contributed by atoms with van der Waals surface area (Å²) in [6.45, 7) is 3.23. The molecule has 0 bridgehead atoms. The highest BCUT2D eigenvalue weighted by Gasteiger charge is 2.40. The SMILES string of the molecule is CN1C(=O)N2CCCCC2c2c1nc(C(=O)N1CCNCC1)[nH]c2=O. The van der Waals surface area contributed by atoms with Crippen molar-refractivity contribution in [1.29, 1.82) is 0 Å². The molecule has 134 valence electrons. The zero-order valence-corrected chi connectivity index (χ0v) is 14.2. The van der Waals surface area contributed by atoms with E-state index in [0.717, 1.165) is 32.4 Å². The number of urea groups is 1. The fourth-order valence-corrected chi connectivity index (χ4v) is 3.89. The van der Waals surface area contributed by atoms with Crippen molar-refractivity contribution in [3.63, 3.8) is 0 Å². The number of H-pyrrole nitrogens is 1. The number of amides is 3. The average molecular weight is 346 g/mol. The Kier molecular flexibility index (Phi) is 3.95. The Labute approximate surface area is 145 Å². The Morgan fingerprint density at radius 2 is 1.92 bits per heavy atom. The molecule has 1 aromatic rings. The zero-order valence-electron chi connectivity index (χ0n) is 14.2. The van der Waals surface area contributed by atoms with Crippen molar-refractivity contribution in [1.82, 2.24) is 25.1 Å². The number of anilines is 1. The summed E-state index contributed by atoms with van der Waals surface area (Å²) in [7, 11) is 1.61. The van der Waals surface area contributed by atoms with Crippen molar-refractivity contribution in [2.24, 2.45) is 0 Å². The molecule has 3 aliphatic rings. The predicted molar refractivity (Wildman–Crippen MR) is 90.7 cm³/mol. The van der Waals surface area contributed by atoms with Crippen LogP contribution in [0.25, 0.3) is 0 Å². The first-order valence-electron chi connectivity index (χ1n) is 8.76. The molecule has 25 heavy (non-hydrogen) atoms. The van der Waals surface area contributed by atoms with Crippen molar-refractivity contribution >= 4 is 17.8 Å². The van der Waals surface area contributed by atoms with Gasteiger partial charge in [0.05, 0.1) is 11.6 Å². The van der Waals surface area contributed by atoms with Gasteiger partial charge in [-0.15, -0.1) is 0 Å². The lowest BCUT2D eigenvalue weighted by Gasteiger charge is -2.42. The molecule has 2 N–H and O–H groups in total. The molecule has 3 amide bonds. The van der Waals surface area contributed by atoms with E-state index in [4.69, 9.17) is 0 Å². The highest BCUT2D eigenvalue weighted by molar-refractivity contribution is 5.95. The van der Waals surface area contributed by atoms with Gasteiger partial charge in [-0.3, -0.25) is 14.5 Å². The number of aromatic nitrogens is 2. The Morgan fingerprint density at radius 3 is 2.68 bits per heavy atom. The van der Waals surface area contributed by atoms with Crippen LogP contribution in [-0.2, 0) is 0 Å². The van der Waals surface area contributed by atoms with Crippen LogP contribution in [0.3, 0.4) is 0 Å². The van der Waals surface area contributed by atoms with Gasteiger partial charge in [0, 0.05) is 39.8 Å². The molecule has 1 aromatic heterocycles. The quantitative estimate of drug-likeness (QED) is 0.740. The van der Waals surface area contributed by atoms with E-state index < -0.39 is 0 Å². The summed E-state index contributed by atoms with van der Waals surface area (Å²) in [6.07, 6.45) is 2.66. The number of hydrogen-bond donors (Lipinski definition) is 2. The van der Waals surface area contributed by atoms with Crippen molar-refractivity contribution in [2.45, 2.75) is 25.3 Å². The number of fused-ring (bicyclic) bond motifs is 3. The lowest BCUT2D eigenvalue weighted by atomic mass is 9.94. The molecule has 0 saturated carbocycles. The van der Waals surface area contributed by atoms with Crippen LogP contribution in [0.1, 0.15) is 41.5 Å². The molecule has 0 aromatic carbocycles. The van der Waals surface area contributed by atoms with Gasteiger partial charge >= 0.3 is 6.03 Å². The average Bonchev–Trinajstić information content (AvgIpc) is 2.65. The summed E-state index contributed by atoms with van der Waals surface area (Å²) < 4.78 is 0. The van der Waals surface area contributed by atoms with Crippen LogP contribution in [0.5, 0.6) is 0 Å². The molecule has 2 saturated heterocycles. The van der Waals surface area contributed by atoms with Gasteiger partial charge in [0.2, 0.25) is 5.82 Å². The molecule has 2 fully saturated rings. The number of hydrogen-bond acceptors (Lipinski definition) is 5. The third-order valence-electron chi connectivity index (χ3n) is 5.23. The Morgan fingerprint density at radius 1 is 1.16 bits per heavy atom. The zero-order chi connectivity index (χ0) is 17.6. The van der Waals surface area contributed by atoms with Crippen molar-refractivity contribution in [3.8, 4) is 0 Å². The first kappa shape index (κ1) is 16.1. The summed E-state index contributed by atoms with van der Waals surface area (Å²) >= 11 is 0. The molecule has 0 spiro atoms. The van der Waals surface area contributed by atoms with Gasteiger partial charge < -0.3 is 20.1 Å². The summed E-state index contributed by atoms with van der Waals surface area (Å²) in [5, 5.41) is 3.18. The minimum atomic E-state index is -0.320. The first-order valence-corrected chi connectivity index (χ1v) is 8.76. The van der Waals surface area contributed by atoms with E-state index in [9.17, 15) is 14.4 Å². The summed E-state index contributed by atoms with van der Waals surface area (Å²) in [6, 6.07) is -0.400. The van der Waals surface area contributed by atoms with Crippen LogP contribution in [0.15, 0.2) is 4.79 Å². The first-order chi connectivity index (χ1) is 12.1. The van der Waals surface area contributed by atoms with Crippen molar-refractivity contribution in [2.75, 3.05) is 44.7 Å². The smallest absolute Gasteiger partial charge is 0.325 e. The van der Waals surface area contributed by atoms with Gasteiger partial charge in [-0.05, 0) is 19.3 Å². The van der Waals surface area contributed by atoms with Crippen LogP contribution in [0.4, 0.5) is 10.6 Å². The summed E-state index contributed by atoms with van der Waals surface area (Å²) in [5.74, 6) is 0.0262. The van der Waals surface area contributed by atoms with Gasteiger partial charge in [-0.25, -0.2) is 9.78 Å². The maximum absolute atomic E-state index is 12.7. The summed E-state index contributed by atoms with van der Waals surface area (Å²) in [5.41, 5.74) is 0.179. The number of piperidine rings is 1. The van der Waals surface area contributed by atoms with E-state index in [1.165, 1.54) is 4.90 Å². The molecular weight excluding hydrogens is 324 g/mol. The van der Waals surface area contributed by atoms with Crippen LogP contribution in [-0.4, -0.2) is 71.5 Å². The third-order valence-corrected chi connectivity index (χ3v) is 5.23. The molecule has 1 atom stereocenters. The molecule has 1 unspecified atom stereocenters. The van der Waals surface area contributed by atoms with Crippen LogP contribution in [0.2, 0.25) is 0 Å². The number of aromatic amines is 1. The molecule has 3 aliphatic heterocycles. The second-order valence-corrected chi connectivity index (χ2v) is 6.74. The van der Waals surface area contributed by atoms with Crippen LogP contribution >= 0.6 is 0 Å². The van der Waals surface area contributed by atoms with E-state index in [1.54, 1.807) is 16.8 Å². The number of nitrogens with one attached hydrogen (secondary N) is 2. The number of carbonyl (C=O) groups is 2. The lowest BCUT2D eigenvalue weighted by Crippen LogP contribution is -2.52. The van der Waals surface area contributed by atoms with Gasteiger partial charge in [0.15, 0.2) is 0 Å². The molecule has 0 radical (unpaired) electrons.